The Kier molecular flexibility index (Phi) is 5.85. The minimum Gasteiger partial charge on any atom is -0.393 e. The standard InChI is InChI=1S/C13H23N3O2/c1-4-5-8-16-11(3)12(9-15-16)13(18)14-7-6-10(2)17/h9-10,17H,4-8H2,1-3H3,(H,14,18). The van der Waals surface area contributed by atoms with Crippen LogP contribution in [0.15, 0.2) is 6.20 Å². The van der Waals surface area contributed by atoms with E-state index in [0.717, 1.165) is 25.1 Å². The summed E-state index contributed by atoms with van der Waals surface area (Å²) in [4.78, 5) is 11.9. The molecule has 0 aliphatic rings. The molecule has 1 aromatic rings. The summed E-state index contributed by atoms with van der Waals surface area (Å²) in [6.07, 6.45) is 3.96. The topological polar surface area (TPSA) is 67.2 Å². The molecule has 102 valence electrons. The van der Waals surface area contributed by atoms with Crippen molar-refractivity contribution in [1.82, 2.24) is 15.1 Å². The van der Waals surface area contributed by atoms with E-state index in [1.165, 1.54) is 0 Å². The van der Waals surface area contributed by atoms with Gasteiger partial charge in [-0.3, -0.25) is 9.48 Å². The summed E-state index contributed by atoms with van der Waals surface area (Å²) in [5.41, 5.74) is 1.52. The van der Waals surface area contributed by atoms with Gasteiger partial charge in [0.05, 0.1) is 17.9 Å². The summed E-state index contributed by atoms with van der Waals surface area (Å²) in [5, 5.41) is 16.1. The van der Waals surface area contributed by atoms with Gasteiger partial charge in [-0.25, -0.2) is 0 Å². The Hall–Kier alpha value is -1.36. The van der Waals surface area contributed by atoms with Crippen LogP contribution in [0, 0.1) is 6.92 Å². The Balaban J connectivity index is 2.55. The number of nitrogens with one attached hydrogen (secondary N) is 1. The number of aliphatic hydroxyl groups excluding tert-OH is 1. The fraction of sp³-hybridized carbons (Fsp3) is 0.692. The zero-order valence-electron chi connectivity index (χ0n) is 11.4. The van der Waals surface area contributed by atoms with Crippen LogP contribution in [0.5, 0.6) is 0 Å². The molecule has 0 fully saturated rings. The molecule has 5 heteroatoms. The van der Waals surface area contributed by atoms with E-state index in [0.29, 0.717) is 18.5 Å². The Morgan fingerprint density at radius 1 is 1.61 bits per heavy atom. The van der Waals surface area contributed by atoms with Gasteiger partial charge in [0.15, 0.2) is 0 Å². The molecule has 5 nitrogen and oxygen atoms in total. The van der Waals surface area contributed by atoms with Crippen molar-refractivity contribution in [2.75, 3.05) is 6.54 Å². The van der Waals surface area contributed by atoms with Crippen molar-refractivity contribution in [3.05, 3.63) is 17.5 Å². The molecule has 1 unspecified atom stereocenters. The number of hydrogen-bond donors (Lipinski definition) is 2. The van der Waals surface area contributed by atoms with Gasteiger partial charge in [0, 0.05) is 18.8 Å². The number of nitrogens with zero attached hydrogens (tertiary/aromatic N) is 2. The van der Waals surface area contributed by atoms with Gasteiger partial charge in [0.25, 0.3) is 5.91 Å². The molecule has 0 spiro atoms. The lowest BCUT2D eigenvalue weighted by atomic mass is 10.2. The number of carbonyl (C=O) groups is 1. The minimum absolute atomic E-state index is 0.115. The van der Waals surface area contributed by atoms with E-state index in [1.807, 2.05) is 11.6 Å². The number of hydrogen-bond acceptors (Lipinski definition) is 3. The van der Waals surface area contributed by atoms with E-state index in [4.69, 9.17) is 5.11 Å². The number of aryl methyl sites for hydroxylation is 1. The molecule has 0 aliphatic carbocycles. The van der Waals surface area contributed by atoms with Crippen LogP contribution < -0.4 is 5.32 Å². The highest BCUT2D eigenvalue weighted by Crippen LogP contribution is 2.08. The molecule has 1 rings (SSSR count). The van der Waals surface area contributed by atoms with Crippen LogP contribution in [-0.2, 0) is 6.54 Å². The minimum atomic E-state index is -0.390. The molecule has 1 heterocycles. The molecule has 2 N–H and O–H groups in total. The van der Waals surface area contributed by atoms with E-state index < -0.39 is 6.10 Å². The Morgan fingerprint density at radius 3 is 2.94 bits per heavy atom. The number of aromatic nitrogens is 2. The van der Waals surface area contributed by atoms with Gasteiger partial charge in [-0.1, -0.05) is 13.3 Å². The zero-order chi connectivity index (χ0) is 13.5. The third-order valence-corrected chi connectivity index (χ3v) is 2.92. The van der Waals surface area contributed by atoms with Gasteiger partial charge in [-0.2, -0.15) is 5.10 Å². The number of aliphatic hydroxyl groups is 1. The predicted molar refractivity (Wildman–Crippen MR) is 70.5 cm³/mol. The molecule has 1 atom stereocenters. The van der Waals surface area contributed by atoms with E-state index in [1.54, 1.807) is 13.1 Å². The molecule has 0 saturated heterocycles. The van der Waals surface area contributed by atoms with Gasteiger partial charge < -0.3 is 10.4 Å². The normalized spacial score (nSPS) is 12.4. The first-order valence-electron chi connectivity index (χ1n) is 6.55. The van der Waals surface area contributed by atoms with Crippen LogP contribution in [0.1, 0.15) is 49.2 Å². The molecule has 0 aliphatic heterocycles. The van der Waals surface area contributed by atoms with Crippen LogP contribution in [0.3, 0.4) is 0 Å². The Bertz CT molecular complexity index is 386. The smallest absolute Gasteiger partial charge is 0.254 e. The van der Waals surface area contributed by atoms with Crippen molar-refractivity contribution in [2.24, 2.45) is 0 Å². The third-order valence-electron chi connectivity index (χ3n) is 2.92. The van der Waals surface area contributed by atoms with Crippen molar-refractivity contribution < 1.29 is 9.90 Å². The number of carbonyl (C=O) groups excluding carboxylic acids is 1. The number of unbranched alkanes of at least 4 members (excludes halogenated alkanes) is 1. The highest BCUT2D eigenvalue weighted by atomic mass is 16.3. The second kappa shape index (κ2) is 7.16. The molecule has 0 saturated carbocycles. The molecule has 1 aromatic heterocycles. The third kappa shape index (κ3) is 4.14. The molecule has 1 amide bonds. The van der Waals surface area contributed by atoms with Gasteiger partial charge in [-0.15, -0.1) is 0 Å². The van der Waals surface area contributed by atoms with Crippen molar-refractivity contribution in [3.63, 3.8) is 0 Å². The van der Waals surface area contributed by atoms with E-state index in [2.05, 4.69) is 17.3 Å². The Labute approximate surface area is 108 Å². The molecule has 0 radical (unpaired) electrons. The largest absolute Gasteiger partial charge is 0.393 e. The lowest BCUT2D eigenvalue weighted by molar-refractivity contribution is 0.0945. The lowest BCUT2D eigenvalue weighted by Gasteiger charge is -2.07. The summed E-state index contributed by atoms with van der Waals surface area (Å²) in [6.45, 7) is 7.08. The molecule has 18 heavy (non-hydrogen) atoms. The summed E-state index contributed by atoms with van der Waals surface area (Å²) in [5.74, 6) is -0.115. The SMILES string of the molecule is CCCCn1ncc(C(=O)NCCC(C)O)c1C. The van der Waals surface area contributed by atoms with Crippen molar-refractivity contribution >= 4 is 5.91 Å². The summed E-state index contributed by atoms with van der Waals surface area (Å²) < 4.78 is 1.87. The fourth-order valence-corrected chi connectivity index (χ4v) is 1.69. The Morgan fingerprint density at radius 2 is 2.33 bits per heavy atom. The quantitative estimate of drug-likeness (QED) is 0.773. The number of rotatable bonds is 7. The van der Waals surface area contributed by atoms with Crippen molar-refractivity contribution in [1.29, 1.82) is 0 Å². The van der Waals surface area contributed by atoms with Gasteiger partial charge in [0.1, 0.15) is 0 Å². The van der Waals surface area contributed by atoms with Crippen LogP contribution in [0.2, 0.25) is 0 Å². The van der Waals surface area contributed by atoms with Gasteiger partial charge >= 0.3 is 0 Å². The second-order valence-corrected chi connectivity index (χ2v) is 4.61. The number of amides is 1. The lowest BCUT2D eigenvalue weighted by Crippen LogP contribution is -2.26. The van der Waals surface area contributed by atoms with Crippen molar-refractivity contribution in [2.45, 2.75) is 52.7 Å². The average molecular weight is 253 g/mol. The maximum absolute atomic E-state index is 11.9. The van der Waals surface area contributed by atoms with Crippen LogP contribution >= 0.6 is 0 Å². The maximum atomic E-state index is 11.9. The van der Waals surface area contributed by atoms with Crippen LogP contribution in [-0.4, -0.2) is 33.4 Å². The first-order chi connectivity index (χ1) is 8.56. The maximum Gasteiger partial charge on any atom is 0.254 e. The van der Waals surface area contributed by atoms with Crippen LogP contribution in [0.4, 0.5) is 0 Å². The fourth-order valence-electron chi connectivity index (χ4n) is 1.69. The zero-order valence-corrected chi connectivity index (χ0v) is 11.4. The van der Waals surface area contributed by atoms with Gasteiger partial charge in [0.2, 0.25) is 0 Å². The first kappa shape index (κ1) is 14.7. The van der Waals surface area contributed by atoms with E-state index >= 15 is 0 Å². The summed E-state index contributed by atoms with van der Waals surface area (Å²) >= 11 is 0. The average Bonchev–Trinajstić information content (AvgIpc) is 2.67. The molecule has 0 aromatic carbocycles. The molecular weight excluding hydrogens is 230 g/mol. The van der Waals surface area contributed by atoms with Gasteiger partial charge in [-0.05, 0) is 26.7 Å². The monoisotopic (exact) mass is 253 g/mol. The van der Waals surface area contributed by atoms with E-state index in [-0.39, 0.29) is 5.91 Å². The highest BCUT2D eigenvalue weighted by molar-refractivity contribution is 5.94. The van der Waals surface area contributed by atoms with E-state index in [9.17, 15) is 4.79 Å². The molecule has 0 bridgehead atoms. The van der Waals surface area contributed by atoms with Crippen molar-refractivity contribution in [3.8, 4) is 0 Å². The highest BCUT2D eigenvalue weighted by Gasteiger charge is 2.13. The predicted octanol–water partition coefficient (Wildman–Crippen LogP) is 1.49. The second-order valence-electron chi connectivity index (χ2n) is 4.61. The first-order valence-corrected chi connectivity index (χ1v) is 6.55. The summed E-state index contributed by atoms with van der Waals surface area (Å²) in [6, 6.07) is 0. The van der Waals surface area contributed by atoms with Crippen LogP contribution in [0.25, 0.3) is 0 Å². The summed E-state index contributed by atoms with van der Waals surface area (Å²) in [7, 11) is 0. The molecular formula is C13H23N3O2.